The summed E-state index contributed by atoms with van der Waals surface area (Å²) in [7, 11) is 0. The maximum absolute atomic E-state index is 5.45. The monoisotopic (exact) mass is 313 g/mol. The van der Waals surface area contributed by atoms with Gasteiger partial charge in [-0.15, -0.1) is 0 Å². The molecule has 1 heterocycles. The lowest BCUT2D eigenvalue weighted by atomic mass is 9.88. The SMILES string of the molecule is CSc1nc(NN)cc(NCC2(SC)CCCCC2)n1. The summed E-state index contributed by atoms with van der Waals surface area (Å²) in [4.78, 5) is 8.76. The number of hydrogen-bond acceptors (Lipinski definition) is 7. The fourth-order valence-electron chi connectivity index (χ4n) is 2.58. The first-order chi connectivity index (χ1) is 9.71. The van der Waals surface area contributed by atoms with E-state index < -0.39 is 0 Å². The summed E-state index contributed by atoms with van der Waals surface area (Å²) in [6.07, 6.45) is 10.8. The molecule has 0 spiro atoms. The van der Waals surface area contributed by atoms with Crippen LogP contribution in [-0.4, -0.2) is 33.8 Å². The Morgan fingerprint density at radius 3 is 2.50 bits per heavy atom. The van der Waals surface area contributed by atoms with E-state index >= 15 is 0 Å². The number of anilines is 2. The van der Waals surface area contributed by atoms with Crippen LogP contribution in [-0.2, 0) is 0 Å². The van der Waals surface area contributed by atoms with E-state index in [4.69, 9.17) is 5.84 Å². The number of aromatic nitrogens is 2. The van der Waals surface area contributed by atoms with Crippen LogP contribution in [0.2, 0.25) is 0 Å². The second kappa shape index (κ2) is 7.38. The van der Waals surface area contributed by atoms with Crippen LogP contribution in [0.3, 0.4) is 0 Å². The Balaban J connectivity index is 2.05. The molecule has 0 unspecified atom stereocenters. The zero-order valence-corrected chi connectivity index (χ0v) is 13.7. The van der Waals surface area contributed by atoms with E-state index in [9.17, 15) is 0 Å². The third-order valence-electron chi connectivity index (χ3n) is 3.83. The highest BCUT2D eigenvalue weighted by Gasteiger charge is 2.30. The van der Waals surface area contributed by atoms with Gasteiger partial charge in [0, 0.05) is 17.4 Å². The normalized spacial score (nSPS) is 17.8. The van der Waals surface area contributed by atoms with Crippen molar-refractivity contribution in [1.82, 2.24) is 9.97 Å². The van der Waals surface area contributed by atoms with E-state index in [0.717, 1.165) is 17.5 Å². The van der Waals surface area contributed by atoms with Gasteiger partial charge < -0.3 is 10.7 Å². The molecular weight excluding hydrogens is 290 g/mol. The minimum absolute atomic E-state index is 0.346. The average Bonchev–Trinajstić information content (AvgIpc) is 2.53. The summed E-state index contributed by atoms with van der Waals surface area (Å²) in [5.74, 6) is 6.94. The first-order valence-electron chi connectivity index (χ1n) is 6.90. The lowest BCUT2D eigenvalue weighted by molar-refractivity contribution is 0.411. The lowest BCUT2D eigenvalue weighted by Crippen LogP contribution is -2.35. The largest absolute Gasteiger partial charge is 0.368 e. The van der Waals surface area contributed by atoms with Crippen molar-refractivity contribution >= 4 is 35.2 Å². The van der Waals surface area contributed by atoms with Crippen LogP contribution in [0.25, 0.3) is 0 Å². The number of nitrogen functional groups attached to an aromatic ring is 1. The van der Waals surface area contributed by atoms with Gasteiger partial charge >= 0.3 is 0 Å². The molecule has 7 heteroatoms. The minimum Gasteiger partial charge on any atom is -0.368 e. The number of nitrogens with zero attached hydrogens (tertiary/aromatic N) is 2. The van der Waals surface area contributed by atoms with Crippen LogP contribution in [0.1, 0.15) is 32.1 Å². The molecule has 1 aliphatic rings. The highest BCUT2D eigenvalue weighted by molar-refractivity contribution is 8.00. The van der Waals surface area contributed by atoms with E-state index in [1.54, 1.807) is 0 Å². The lowest BCUT2D eigenvalue weighted by Gasteiger charge is -2.36. The van der Waals surface area contributed by atoms with Crippen LogP contribution in [0.4, 0.5) is 11.6 Å². The van der Waals surface area contributed by atoms with Crippen LogP contribution in [0.5, 0.6) is 0 Å². The second-order valence-corrected chi connectivity index (χ2v) is 7.12. The van der Waals surface area contributed by atoms with Crippen molar-refractivity contribution in [3.63, 3.8) is 0 Å². The Morgan fingerprint density at radius 1 is 1.20 bits per heavy atom. The highest BCUT2D eigenvalue weighted by atomic mass is 32.2. The highest BCUT2D eigenvalue weighted by Crippen LogP contribution is 2.38. The molecule has 1 aliphatic carbocycles. The molecule has 5 nitrogen and oxygen atoms in total. The quantitative estimate of drug-likeness (QED) is 0.322. The Bertz CT molecular complexity index is 413. The molecule has 0 bridgehead atoms. The van der Waals surface area contributed by atoms with Gasteiger partial charge in [-0.25, -0.2) is 15.8 Å². The number of hydrogen-bond donors (Lipinski definition) is 3. The van der Waals surface area contributed by atoms with E-state index in [2.05, 4.69) is 27.0 Å². The van der Waals surface area contributed by atoms with Crippen molar-refractivity contribution < 1.29 is 0 Å². The number of nitrogens with two attached hydrogens (primary N) is 1. The van der Waals surface area contributed by atoms with Crippen molar-refractivity contribution in [2.24, 2.45) is 5.84 Å². The van der Waals surface area contributed by atoms with Crippen molar-refractivity contribution in [3.8, 4) is 0 Å². The van der Waals surface area contributed by atoms with Gasteiger partial charge in [-0.05, 0) is 25.4 Å². The van der Waals surface area contributed by atoms with Crippen molar-refractivity contribution in [2.45, 2.75) is 42.0 Å². The van der Waals surface area contributed by atoms with Gasteiger partial charge in [0.2, 0.25) is 0 Å². The molecule has 0 saturated heterocycles. The van der Waals surface area contributed by atoms with Gasteiger partial charge in [0.15, 0.2) is 5.16 Å². The zero-order chi connectivity index (χ0) is 14.4. The Morgan fingerprint density at radius 2 is 1.90 bits per heavy atom. The van der Waals surface area contributed by atoms with Crippen molar-refractivity contribution in [1.29, 1.82) is 0 Å². The minimum atomic E-state index is 0.346. The van der Waals surface area contributed by atoms with E-state index in [-0.39, 0.29) is 0 Å². The number of thioether (sulfide) groups is 2. The number of nitrogens with one attached hydrogen (secondary N) is 2. The van der Waals surface area contributed by atoms with Crippen LogP contribution in [0.15, 0.2) is 11.2 Å². The number of rotatable bonds is 6. The third kappa shape index (κ3) is 3.93. The molecule has 4 N–H and O–H groups in total. The van der Waals surface area contributed by atoms with E-state index in [1.165, 1.54) is 43.9 Å². The van der Waals surface area contributed by atoms with Crippen LogP contribution < -0.4 is 16.6 Å². The molecule has 0 amide bonds. The Labute approximate surface area is 129 Å². The molecule has 20 heavy (non-hydrogen) atoms. The molecular formula is C13H23N5S2. The summed E-state index contributed by atoms with van der Waals surface area (Å²) in [6.45, 7) is 0.947. The molecule has 1 saturated carbocycles. The topological polar surface area (TPSA) is 75.9 Å². The smallest absolute Gasteiger partial charge is 0.191 e. The summed E-state index contributed by atoms with van der Waals surface area (Å²) < 4.78 is 0.346. The molecule has 0 aliphatic heterocycles. The summed E-state index contributed by atoms with van der Waals surface area (Å²) in [6, 6.07) is 1.86. The fourth-order valence-corrected chi connectivity index (χ4v) is 3.87. The van der Waals surface area contributed by atoms with Crippen LogP contribution >= 0.6 is 23.5 Å². The van der Waals surface area contributed by atoms with Crippen molar-refractivity contribution in [2.75, 3.05) is 29.8 Å². The zero-order valence-electron chi connectivity index (χ0n) is 12.1. The third-order valence-corrected chi connectivity index (χ3v) is 5.79. The van der Waals surface area contributed by atoms with Crippen LogP contribution in [0, 0.1) is 0 Å². The Kier molecular flexibility index (Phi) is 5.80. The first kappa shape index (κ1) is 15.7. The van der Waals surface area contributed by atoms with Gasteiger partial charge in [0.1, 0.15) is 11.6 Å². The molecule has 1 aromatic heterocycles. The van der Waals surface area contributed by atoms with Gasteiger partial charge in [-0.2, -0.15) is 11.8 Å². The fraction of sp³-hybridized carbons (Fsp3) is 0.692. The maximum Gasteiger partial charge on any atom is 0.191 e. The van der Waals surface area contributed by atoms with E-state index in [0.29, 0.717) is 10.6 Å². The molecule has 1 aromatic rings. The maximum atomic E-state index is 5.45. The predicted octanol–water partition coefficient (Wildman–Crippen LogP) is 2.96. The van der Waals surface area contributed by atoms with Gasteiger partial charge in [-0.1, -0.05) is 31.0 Å². The van der Waals surface area contributed by atoms with Gasteiger partial charge in [0.25, 0.3) is 0 Å². The number of hydrazine groups is 1. The summed E-state index contributed by atoms with van der Waals surface area (Å²) in [5.41, 5.74) is 2.59. The Hall–Kier alpha value is -0.660. The van der Waals surface area contributed by atoms with E-state index in [1.807, 2.05) is 24.1 Å². The molecule has 1 fully saturated rings. The molecule has 0 radical (unpaired) electrons. The summed E-state index contributed by atoms with van der Waals surface area (Å²) >= 11 is 3.50. The molecule has 0 atom stereocenters. The average molecular weight is 313 g/mol. The summed E-state index contributed by atoms with van der Waals surface area (Å²) in [5, 5.41) is 4.20. The van der Waals surface area contributed by atoms with Gasteiger partial charge in [-0.3, -0.25) is 0 Å². The second-order valence-electron chi connectivity index (χ2n) is 5.07. The standard InChI is InChI=1S/C13H23N5S2/c1-19-12-16-10(8-11(17-12)18-14)15-9-13(20-2)6-4-3-5-7-13/h8H,3-7,9,14H2,1-2H3,(H2,15,16,17,18). The molecule has 0 aromatic carbocycles. The molecule has 112 valence electrons. The first-order valence-corrected chi connectivity index (χ1v) is 9.35. The predicted molar refractivity (Wildman–Crippen MR) is 89.4 cm³/mol. The van der Waals surface area contributed by atoms with Crippen molar-refractivity contribution in [3.05, 3.63) is 6.07 Å². The molecule has 2 rings (SSSR count). The van der Waals surface area contributed by atoms with Gasteiger partial charge in [0.05, 0.1) is 0 Å².